The Morgan fingerprint density at radius 2 is 2.38 bits per heavy atom. The lowest BCUT2D eigenvalue weighted by Crippen LogP contribution is -2.36. The van der Waals surface area contributed by atoms with E-state index < -0.39 is 12.2 Å². The molecule has 1 aliphatic rings. The van der Waals surface area contributed by atoms with Crippen LogP contribution in [0.5, 0.6) is 0 Å². The van der Waals surface area contributed by atoms with Crippen LogP contribution in [0, 0.1) is 0 Å². The maximum absolute atomic E-state index is 12.3. The number of hydrogen-bond donors (Lipinski definition) is 3. The Bertz CT molecular complexity index is 687. The Hall–Kier alpha value is -1.83. The number of rotatable bonds is 4. The molecule has 7 heteroatoms. The van der Waals surface area contributed by atoms with Crippen LogP contribution in [0.1, 0.15) is 12.8 Å². The number of fused-ring (bicyclic) bond motifs is 1. The van der Waals surface area contributed by atoms with Gasteiger partial charge in [0.05, 0.1) is 36.0 Å². The minimum atomic E-state index is -0.719. The average molecular weight is 290 g/mol. The number of pyridine rings is 1. The van der Waals surface area contributed by atoms with Crippen LogP contribution in [0.15, 0.2) is 29.6 Å². The number of aliphatic hydroxyl groups is 2. The van der Waals surface area contributed by atoms with E-state index in [0.717, 1.165) is 6.54 Å². The maximum Gasteiger partial charge on any atom is 0.262 e. The zero-order valence-electron chi connectivity index (χ0n) is 11.5. The van der Waals surface area contributed by atoms with Gasteiger partial charge in [0.2, 0.25) is 0 Å². The van der Waals surface area contributed by atoms with Gasteiger partial charge in [0.15, 0.2) is 0 Å². The van der Waals surface area contributed by atoms with Gasteiger partial charge in [0, 0.05) is 18.4 Å². The van der Waals surface area contributed by atoms with Gasteiger partial charge in [-0.3, -0.25) is 14.3 Å². The molecule has 0 amide bonds. The molecule has 0 aromatic carbocycles. The number of nitrogens with one attached hydrogen (secondary N) is 1. The van der Waals surface area contributed by atoms with Crippen LogP contribution in [0.3, 0.4) is 0 Å². The summed E-state index contributed by atoms with van der Waals surface area (Å²) in [6, 6.07) is 1.56. The third-order valence-electron chi connectivity index (χ3n) is 3.87. The van der Waals surface area contributed by atoms with E-state index in [-0.39, 0.29) is 18.1 Å². The van der Waals surface area contributed by atoms with Crippen molar-refractivity contribution in [2.75, 3.05) is 6.54 Å². The first-order valence-corrected chi connectivity index (χ1v) is 7.04. The number of hydrogen-bond acceptors (Lipinski definition) is 6. The fourth-order valence-electron chi connectivity index (χ4n) is 2.72. The van der Waals surface area contributed by atoms with Crippen molar-refractivity contribution in [3.05, 3.63) is 35.1 Å². The van der Waals surface area contributed by atoms with Gasteiger partial charge in [-0.05, 0) is 25.5 Å². The van der Waals surface area contributed by atoms with Gasteiger partial charge in [-0.15, -0.1) is 0 Å². The summed E-state index contributed by atoms with van der Waals surface area (Å²) in [5, 5.41) is 23.4. The molecule has 112 valence electrons. The molecule has 3 heterocycles. The molecule has 1 unspecified atom stereocenters. The van der Waals surface area contributed by atoms with E-state index in [2.05, 4.69) is 15.3 Å². The monoisotopic (exact) mass is 290 g/mol. The van der Waals surface area contributed by atoms with E-state index in [1.807, 2.05) is 0 Å². The van der Waals surface area contributed by atoms with Gasteiger partial charge in [-0.1, -0.05) is 0 Å². The van der Waals surface area contributed by atoms with E-state index in [9.17, 15) is 15.0 Å². The van der Waals surface area contributed by atoms with Crippen LogP contribution < -0.4 is 10.9 Å². The van der Waals surface area contributed by atoms with E-state index in [1.54, 1.807) is 12.3 Å². The fourth-order valence-corrected chi connectivity index (χ4v) is 2.72. The van der Waals surface area contributed by atoms with Gasteiger partial charge in [-0.25, -0.2) is 4.98 Å². The molecule has 1 fully saturated rings. The smallest absolute Gasteiger partial charge is 0.262 e. The molecular weight excluding hydrogens is 272 g/mol. The van der Waals surface area contributed by atoms with E-state index in [4.69, 9.17) is 0 Å². The first-order chi connectivity index (χ1) is 10.1. The van der Waals surface area contributed by atoms with E-state index in [0.29, 0.717) is 23.7 Å². The van der Waals surface area contributed by atoms with Crippen molar-refractivity contribution in [3.8, 4) is 0 Å². The summed E-state index contributed by atoms with van der Waals surface area (Å²) < 4.78 is 1.38. The Morgan fingerprint density at radius 1 is 1.52 bits per heavy atom. The second kappa shape index (κ2) is 5.88. The Balaban J connectivity index is 1.75. The molecule has 2 aromatic heterocycles. The third kappa shape index (κ3) is 2.94. The highest BCUT2D eigenvalue weighted by molar-refractivity contribution is 5.75. The largest absolute Gasteiger partial charge is 0.391 e. The molecule has 1 aliphatic heterocycles. The lowest BCUT2D eigenvalue weighted by atomic mass is 10.1. The first kappa shape index (κ1) is 14.1. The summed E-state index contributed by atoms with van der Waals surface area (Å²) in [5.41, 5.74) is 0.376. The molecule has 21 heavy (non-hydrogen) atoms. The van der Waals surface area contributed by atoms with Crippen LogP contribution in [0.4, 0.5) is 0 Å². The lowest BCUT2D eigenvalue weighted by Gasteiger charge is -2.19. The summed E-state index contributed by atoms with van der Waals surface area (Å²) in [7, 11) is 0. The Labute approximate surface area is 121 Å². The minimum absolute atomic E-state index is 0.120. The van der Waals surface area contributed by atoms with Crippen molar-refractivity contribution >= 4 is 10.9 Å². The second-order valence-corrected chi connectivity index (χ2v) is 5.40. The minimum Gasteiger partial charge on any atom is -0.391 e. The summed E-state index contributed by atoms with van der Waals surface area (Å²) >= 11 is 0. The molecule has 0 bridgehead atoms. The highest BCUT2D eigenvalue weighted by Gasteiger charge is 2.26. The molecule has 0 saturated carbocycles. The SMILES string of the molecule is O=c1c2cnccc2ncn1CC(O)C[C@H]1NCC[C@@H]1O. The van der Waals surface area contributed by atoms with Gasteiger partial charge >= 0.3 is 0 Å². The van der Waals surface area contributed by atoms with Gasteiger partial charge in [-0.2, -0.15) is 0 Å². The summed E-state index contributed by atoms with van der Waals surface area (Å²) in [4.78, 5) is 20.4. The number of aliphatic hydroxyl groups excluding tert-OH is 2. The molecule has 0 spiro atoms. The number of aromatic nitrogens is 3. The van der Waals surface area contributed by atoms with Crippen LogP contribution in [-0.4, -0.2) is 49.5 Å². The average Bonchev–Trinajstić information content (AvgIpc) is 2.87. The van der Waals surface area contributed by atoms with Crippen molar-refractivity contribution in [1.82, 2.24) is 19.9 Å². The highest BCUT2D eigenvalue weighted by Crippen LogP contribution is 2.13. The normalized spacial score (nSPS) is 23.5. The molecule has 0 radical (unpaired) electrons. The standard InChI is InChI=1S/C14H18N4O3/c19-9(5-12-13(20)2-4-16-12)7-18-8-17-11-1-3-15-6-10(11)14(18)21/h1,3,6,8-9,12-13,16,19-20H,2,4-5,7H2/t9?,12-,13+/m1/s1. The topological polar surface area (TPSA) is 100 Å². The van der Waals surface area contributed by atoms with Gasteiger partial charge in [0.1, 0.15) is 0 Å². The molecule has 0 aliphatic carbocycles. The number of nitrogens with zero attached hydrogens (tertiary/aromatic N) is 3. The zero-order chi connectivity index (χ0) is 14.8. The Kier molecular flexibility index (Phi) is 3.96. The molecule has 3 atom stereocenters. The van der Waals surface area contributed by atoms with Crippen LogP contribution in [0.2, 0.25) is 0 Å². The van der Waals surface area contributed by atoms with Crippen molar-refractivity contribution in [3.63, 3.8) is 0 Å². The highest BCUT2D eigenvalue weighted by atomic mass is 16.3. The second-order valence-electron chi connectivity index (χ2n) is 5.40. The summed E-state index contributed by atoms with van der Waals surface area (Å²) in [5.74, 6) is 0. The molecular formula is C14H18N4O3. The predicted octanol–water partition coefficient (Wildman–Crippen LogP) is -0.735. The zero-order valence-corrected chi connectivity index (χ0v) is 11.5. The summed E-state index contributed by atoms with van der Waals surface area (Å²) in [6.45, 7) is 0.906. The molecule has 7 nitrogen and oxygen atoms in total. The van der Waals surface area contributed by atoms with E-state index in [1.165, 1.54) is 17.1 Å². The van der Waals surface area contributed by atoms with Crippen molar-refractivity contribution < 1.29 is 10.2 Å². The van der Waals surface area contributed by atoms with Crippen molar-refractivity contribution in [1.29, 1.82) is 0 Å². The van der Waals surface area contributed by atoms with Crippen molar-refractivity contribution in [2.24, 2.45) is 0 Å². The first-order valence-electron chi connectivity index (χ1n) is 7.04. The molecule has 3 rings (SSSR count). The van der Waals surface area contributed by atoms with Crippen molar-refractivity contribution in [2.45, 2.75) is 37.6 Å². The summed E-state index contributed by atoms with van der Waals surface area (Å²) in [6.07, 6.45) is 4.45. The molecule has 1 saturated heterocycles. The van der Waals surface area contributed by atoms with Gasteiger partial charge in [0.25, 0.3) is 5.56 Å². The van der Waals surface area contributed by atoms with Gasteiger partial charge < -0.3 is 15.5 Å². The van der Waals surface area contributed by atoms with E-state index >= 15 is 0 Å². The van der Waals surface area contributed by atoms with Crippen LogP contribution in [0.25, 0.3) is 10.9 Å². The quantitative estimate of drug-likeness (QED) is 0.686. The lowest BCUT2D eigenvalue weighted by molar-refractivity contribution is 0.0926. The molecule has 3 N–H and O–H groups in total. The van der Waals surface area contributed by atoms with Crippen LogP contribution >= 0.6 is 0 Å². The van der Waals surface area contributed by atoms with Crippen LogP contribution in [-0.2, 0) is 6.54 Å². The maximum atomic E-state index is 12.3. The Morgan fingerprint density at radius 3 is 3.14 bits per heavy atom. The fraction of sp³-hybridized carbons (Fsp3) is 0.500. The third-order valence-corrected chi connectivity index (χ3v) is 3.87. The molecule has 2 aromatic rings. The predicted molar refractivity (Wildman–Crippen MR) is 76.8 cm³/mol.